The normalized spacial score (nSPS) is 11.1. The van der Waals surface area contributed by atoms with Crippen LogP contribution in [0.3, 0.4) is 0 Å². The maximum atomic E-state index is 5.33. The lowest BCUT2D eigenvalue weighted by molar-refractivity contribution is 0.387. The van der Waals surface area contributed by atoms with Gasteiger partial charge in [-0.25, -0.2) is 0 Å². The van der Waals surface area contributed by atoms with Crippen molar-refractivity contribution in [2.24, 2.45) is 0 Å². The van der Waals surface area contributed by atoms with Crippen molar-refractivity contribution in [2.75, 3.05) is 6.54 Å². The average molecular weight is 264 g/mol. The van der Waals surface area contributed by atoms with Crippen molar-refractivity contribution in [1.82, 2.24) is 10.6 Å². The Balaban J connectivity index is 2.30. The minimum Gasteiger partial charge on any atom is -0.362 e. The zero-order valence-corrected chi connectivity index (χ0v) is 12.4. The number of thiocarbonyl (C=S) groups is 1. The molecule has 1 aromatic carbocycles. The van der Waals surface area contributed by atoms with Crippen LogP contribution in [0.15, 0.2) is 30.3 Å². The molecule has 0 amide bonds. The third kappa shape index (κ3) is 5.05. The summed E-state index contributed by atoms with van der Waals surface area (Å²) in [6.45, 7) is 7.45. The summed E-state index contributed by atoms with van der Waals surface area (Å²) >= 11 is 5.33. The summed E-state index contributed by atoms with van der Waals surface area (Å²) in [5.41, 5.74) is 1.44. The van der Waals surface area contributed by atoms with Gasteiger partial charge >= 0.3 is 0 Å². The Bertz CT molecular complexity index is 358. The van der Waals surface area contributed by atoms with Crippen LogP contribution in [0.5, 0.6) is 0 Å². The Morgan fingerprint density at radius 2 is 1.78 bits per heavy atom. The van der Waals surface area contributed by atoms with Gasteiger partial charge in [0.15, 0.2) is 5.11 Å². The third-order valence-corrected chi connectivity index (χ3v) is 3.76. The van der Waals surface area contributed by atoms with E-state index in [9.17, 15) is 0 Å². The van der Waals surface area contributed by atoms with Gasteiger partial charge in [-0.15, -0.1) is 0 Å². The molecule has 2 nitrogen and oxygen atoms in total. The van der Waals surface area contributed by atoms with Crippen LogP contribution in [0.2, 0.25) is 0 Å². The second-order valence-electron chi connectivity index (χ2n) is 4.88. The minimum atomic E-state index is 0.108. The fourth-order valence-corrected chi connectivity index (χ4v) is 2.06. The highest BCUT2D eigenvalue weighted by molar-refractivity contribution is 7.80. The summed E-state index contributed by atoms with van der Waals surface area (Å²) < 4.78 is 0. The SMILES string of the molecule is CCC(C)(CC)NC(=S)NCCc1ccccc1. The lowest BCUT2D eigenvalue weighted by atomic mass is 9.96. The van der Waals surface area contributed by atoms with Crippen molar-refractivity contribution in [2.45, 2.75) is 45.6 Å². The van der Waals surface area contributed by atoms with E-state index < -0.39 is 0 Å². The van der Waals surface area contributed by atoms with E-state index in [0.717, 1.165) is 30.9 Å². The van der Waals surface area contributed by atoms with Gasteiger partial charge in [0.1, 0.15) is 0 Å². The molecule has 1 rings (SSSR count). The van der Waals surface area contributed by atoms with Gasteiger partial charge in [0.2, 0.25) is 0 Å². The fraction of sp³-hybridized carbons (Fsp3) is 0.533. The van der Waals surface area contributed by atoms with Gasteiger partial charge in [-0.2, -0.15) is 0 Å². The van der Waals surface area contributed by atoms with E-state index in [0.29, 0.717) is 0 Å². The third-order valence-electron chi connectivity index (χ3n) is 3.52. The van der Waals surface area contributed by atoms with Gasteiger partial charge in [-0.3, -0.25) is 0 Å². The van der Waals surface area contributed by atoms with Crippen LogP contribution in [0.1, 0.15) is 39.2 Å². The first-order valence-electron chi connectivity index (χ1n) is 6.69. The van der Waals surface area contributed by atoms with E-state index in [4.69, 9.17) is 12.2 Å². The van der Waals surface area contributed by atoms with Gasteiger partial charge in [0.25, 0.3) is 0 Å². The Labute approximate surface area is 116 Å². The summed E-state index contributed by atoms with van der Waals surface area (Å²) in [6, 6.07) is 10.5. The maximum absolute atomic E-state index is 5.33. The maximum Gasteiger partial charge on any atom is 0.166 e. The zero-order valence-electron chi connectivity index (χ0n) is 11.6. The lowest BCUT2D eigenvalue weighted by Gasteiger charge is -2.29. The van der Waals surface area contributed by atoms with Crippen LogP contribution in [0.4, 0.5) is 0 Å². The van der Waals surface area contributed by atoms with Gasteiger partial charge in [0, 0.05) is 12.1 Å². The molecule has 18 heavy (non-hydrogen) atoms. The molecule has 0 saturated carbocycles. The highest BCUT2D eigenvalue weighted by Crippen LogP contribution is 2.12. The van der Waals surface area contributed by atoms with Gasteiger partial charge in [-0.1, -0.05) is 44.2 Å². The number of hydrogen-bond donors (Lipinski definition) is 2. The molecular formula is C15H24N2S. The van der Waals surface area contributed by atoms with Crippen molar-refractivity contribution >= 4 is 17.3 Å². The second kappa shape index (κ2) is 7.37. The molecule has 0 saturated heterocycles. The van der Waals surface area contributed by atoms with Crippen molar-refractivity contribution in [3.05, 3.63) is 35.9 Å². The Kier molecular flexibility index (Phi) is 6.13. The van der Waals surface area contributed by atoms with Gasteiger partial charge < -0.3 is 10.6 Å². The number of benzene rings is 1. The summed E-state index contributed by atoms with van der Waals surface area (Å²) in [5, 5.41) is 7.44. The van der Waals surface area contributed by atoms with Crippen LogP contribution >= 0.6 is 12.2 Å². The first-order chi connectivity index (χ1) is 8.59. The van der Waals surface area contributed by atoms with Crippen LogP contribution in [0.25, 0.3) is 0 Å². The molecule has 0 bridgehead atoms. The molecule has 0 aliphatic heterocycles. The first kappa shape index (κ1) is 15.0. The van der Waals surface area contributed by atoms with Gasteiger partial charge in [-0.05, 0) is 44.0 Å². The predicted octanol–water partition coefficient (Wildman–Crippen LogP) is 3.27. The Hall–Kier alpha value is -1.09. The van der Waals surface area contributed by atoms with Gasteiger partial charge in [0.05, 0.1) is 0 Å². The molecule has 0 heterocycles. The fourth-order valence-electron chi connectivity index (χ4n) is 1.71. The van der Waals surface area contributed by atoms with Crippen molar-refractivity contribution < 1.29 is 0 Å². The van der Waals surface area contributed by atoms with E-state index in [2.05, 4.69) is 55.7 Å². The highest BCUT2D eigenvalue weighted by Gasteiger charge is 2.19. The van der Waals surface area contributed by atoms with Crippen molar-refractivity contribution in [1.29, 1.82) is 0 Å². The molecule has 0 fully saturated rings. The number of hydrogen-bond acceptors (Lipinski definition) is 1. The van der Waals surface area contributed by atoms with Crippen LogP contribution in [-0.2, 0) is 6.42 Å². The Morgan fingerprint density at radius 1 is 1.17 bits per heavy atom. The summed E-state index contributed by atoms with van der Waals surface area (Å²) in [4.78, 5) is 0. The molecule has 0 aliphatic carbocycles. The van der Waals surface area contributed by atoms with E-state index >= 15 is 0 Å². The molecule has 0 atom stereocenters. The quantitative estimate of drug-likeness (QED) is 0.771. The van der Waals surface area contributed by atoms with E-state index in [1.54, 1.807) is 0 Å². The standard InChI is InChI=1S/C15H24N2S/c1-4-15(3,5-2)17-14(18)16-12-11-13-9-7-6-8-10-13/h6-10H,4-5,11-12H2,1-3H3,(H2,16,17,18). The van der Waals surface area contributed by atoms with Crippen molar-refractivity contribution in [3.63, 3.8) is 0 Å². The predicted molar refractivity (Wildman–Crippen MR) is 82.9 cm³/mol. The van der Waals surface area contributed by atoms with Crippen LogP contribution in [-0.4, -0.2) is 17.2 Å². The molecule has 0 aliphatic rings. The molecule has 100 valence electrons. The van der Waals surface area contributed by atoms with Crippen LogP contribution in [0, 0.1) is 0 Å². The molecule has 0 unspecified atom stereocenters. The number of nitrogens with one attached hydrogen (secondary N) is 2. The smallest absolute Gasteiger partial charge is 0.166 e. The Morgan fingerprint density at radius 3 is 2.33 bits per heavy atom. The molecule has 0 aromatic heterocycles. The molecular weight excluding hydrogens is 240 g/mol. The summed E-state index contributed by atoms with van der Waals surface area (Å²) in [6.07, 6.45) is 3.14. The largest absolute Gasteiger partial charge is 0.362 e. The highest BCUT2D eigenvalue weighted by atomic mass is 32.1. The monoisotopic (exact) mass is 264 g/mol. The molecule has 0 spiro atoms. The van der Waals surface area contributed by atoms with E-state index in [1.165, 1.54) is 5.56 Å². The van der Waals surface area contributed by atoms with Crippen LogP contribution < -0.4 is 10.6 Å². The first-order valence-corrected chi connectivity index (χ1v) is 7.10. The number of rotatable bonds is 6. The molecule has 2 N–H and O–H groups in total. The van der Waals surface area contributed by atoms with Crippen molar-refractivity contribution in [3.8, 4) is 0 Å². The van der Waals surface area contributed by atoms with E-state index in [-0.39, 0.29) is 5.54 Å². The minimum absolute atomic E-state index is 0.108. The summed E-state index contributed by atoms with van der Waals surface area (Å²) in [5.74, 6) is 0. The molecule has 3 heteroatoms. The summed E-state index contributed by atoms with van der Waals surface area (Å²) in [7, 11) is 0. The lowest BCUT2D eigenvalue weighted by Crippen LogP contribution is -2.49. The molecule has 0 radical (unpaired) electrons. The van der Waals surface area contributed by atoms with E-state index in [1.807, 2.05) is 6.07 Å². The zero-order chi connectivity index (χ0) is 13.4. The average Bonchev–Trinajstić information content (AvgIpc) is 2.40. The topological polar surface area (TPSA) is 24.1 Å². The second-order valence-corrected chi connectivity index (χ2v) is 5.29. The molecule has 1 aromatic rings.